The third-order valence-electron chi connectivity index (χ3n) is 3.69. The molecule has 1 unspecified atom stereocenters. The minimum absolute atomic E-state index is 0.0129. The maximum atomic E-state index is 12.3. The second kappa shape index (κ2) is 5.03. The Labute approximate surface area is 121 Å². The normalized spacial score (nSPS) is 22.1. The Bertz CT molecular complexity index is 647. The van der Waals surface area contributed by atoms with Crippen molar-refractivity contribution in [3.8, 4) is 5.75 Å². The number of rotatable bonds is 3. The molecule has 2 heterocycles. The van der Waals surface area contributed by atoms with Crippen LogP contribution in [0.15, 0.2) is 18.2 Å². The summed E-state index contributed by atoms with van der Waals surface area (Å²) in [7, 11) is 1.64. The summed E-state index contributed by atoms with van der Waals surface area (Å²) in [5, 5.41) is 6.80. The minimum atomic E-state index is -0.477. The van der Waals surface area contributed by atoms with Crippen LogP contribution in [0.2, 0.25) is 0 Å². The van der Waals surface area contributed by atoms with Crippen LogP contribution in [-0.4, -0.2) is 30.1 Å². The molecule has 1 amide bonds. The molecule has 0 saturated carbocycles. The number of carbonyl (C=O) groups is 1. The SMILES string of the molecule is COc1ccc2nc(NC(=O)C3(C)CCCN3)sc2c1. The molecular weight excluding hydrogens is 274 g/mol. The summed E-state index contributed by atoms with van der Waals surface area (Å²) < 4.78 is 6.20. The number of fused-ring (bicyclic) bond motifs is 1. The van der Waals surface area contributed by atoms with Crippen molar-refractivity contribution in [2.45, 2.75) is 25.3 Å². The summed E-state index contributed by atoms with van der Waals surface area (Å²) in [5.74, 6) is 0.782. The molecule has 20 heavy (non-hydrogen) atoms. The van der Waals surface area contributed by atoms with Crippen LogP contribution >= 0.6 is 11.3 Å². The van der Waals surface area contributed by atoms with Crippen LogP contribution in [0.3, 0.4) is 0 Å². The Hall–Kier alpha value is -1.66. The summed E-state index contributed by atoms with van der Waals surface area (Å²) in [5.41, 5.74) is 0.394. The lowest BCUT2D eigenvalue weighted by atomic mass is 10.00. The van der Waals surface area contributed by atoms with Gasteiger partial charge in [-0.2, -0.15) is 0 Å². The van der Waals surface area contributed by atoms with Crippen molar-refractivity contribution in [2.75, 3.05) is 19.0 Å². The van der Waals surface area contributed by atoms with Gasteiger partial charge in [-0.3, -0.25) is 4.79 Å². The standard InChI is InChI=1S/C14H17N3O2S/c1-14(6-3-7-15-14)12(18)17-13-16-10-5-4-9(19-2)8-11(10)20-13/h4-5,8,15H,3,6-7H2,1-2H3,(H,16,17,18). The average Bonchev–Trinajstić information content (AvgIpc) is 3.04. The fourth-order valence-corrected chi connectivity index (χ4v) is 3.30. The second-order valence-electron chi connectivity index (χ2n) is 5.17. The molecule has 0 radical (unpaired) electrons. The highest BCUT2D eigenvalue weighted by atomic mass is 32.1. The summed E-state index contributed by atoms with van der Waals surface area (Å²) >= 11 is 1.46. The van der Waals surface area contributed by atoms with E-state index in [-0.39, 0.29) is 5.91 Å². The number of benzene rings is 1. The Morgan fingerprint density at radius 2 is 2.40 bits per heavy atom. The molecule has 1 aliphatic rings. The number of ether oxygens (including phenoxy) is 1. The topological polar surface area (TPSA) is 63.2 Å². The van der Waals surface area contributed by atoms with Crippen molar-refractivity contribution >= 4 is 32.6 Å². The number of hydrogen-bond donors (Lipinski definition) is 2. The monoisotopic (exact) mass is 291 g/mol. The molecule has 2 aromatic rings. The second-order valence-corrected chi connectivity index (χ2v) is 6.20. The number of nitrogens with zero attached hydrogens (tertiary/aromatic N) is 1. The van der Waals surface area contributed by atoms with Crippen LogP contribution in [0.4, 0.5) is 5.13 Å². The quantitative estimate of drug-likeness (QED) is 0.911. The van der Waals surface area contributed by atoms with Crippen LogP contribution in [-0.2, 0) is 4.79 Å². The number of nitrogens with one attached hydrogen (secondary N) is 2. The Morgan fingerprint density at radius 3 is 3.10 bits per heavy atom. The molecule has 6 heteroatoms. The molecule has 1 fully saturated rings. The Balaban J connectivity index is 1.82. The maximum Gasteiger partial charge on any atom is 0.246 e. The molecule has 1 aromatic heterocycles. The molecule has 0 aliphatic carbocycles. The van der Waals surface area contributed by atoms with Crippen LogP contribution in [0.25, 0.3) is 10.2 Å². The lowest BCUT2D eigenvalue weighted by Gasteiger charge is -2.21. The number of amides is 1. The molecular formula is C14H17N3O2S. The first-order valence-electron chi connectivity index (χ1n) is 6.62. The fraction of sp³-hybridized carbons (Fsp3) is 0.429. The van der Waals surface area contributed by atoms with E-state index in [1.165, 1.54) is 11.3 Å². The molecule has 1 atom stereocenters. The van der Waals surface area contributed by atoms with Gasteiger partial charge in [0.25, 0.3) is 0 Å². The summed E-state index contributed by atoms with van der Waals surface area (Å²) in [6, 6.07) is 5.70. The third kappa shape index (κ3) is 2.36. The van der Waals surface area contributed by atoms with Gasteiger partial charge in [-0.05, 0) is 44.5 Å². The average molecular weight is 291 g/mol. The van der Waals surface area contributed by atoms with Crippen molar-refractivity contribution < 1.29 is 9.53 Å². The molecule has 0 spiro atoms. The highest BCUT2D eigenvalue weighted by Gasteiger charge is 2.36. The third-order valence-corrected chi connectivity index (χ3v) is 4.62. The smallest absolute Gasteiger partial charge is 0.246 e. The first kappa shape index (κ1) is 13.3. The van der Waals surface area contributed by atoms with Crippen molar-refractivity contribution in [2.24, 2.45) is 0 Å². The lowest BCUT2D eigenvalue weighted by Crippen LogP contribution is -2.47. The van der Waals surface area contributed by atoms with E-state index in [4.69, 9.17) is 4.74 Å². The molecule has 0 bridgehead atoms. The zero-order chi connectivity index (χ0) is 14.2. The summed E-state index contributed by atoms with van der Waals surface area (Å²) in [4.78, 5) is 16.7. The van der Waals surface area contributed by atoms with Crippen molar-refractivity contribution in [1.82, 2.24) is 10.3 Å². The lowest BCUT2D eigenvalue weighted by molar-refractivity contribution is -0.121. The number of aromatic nitrogens is 1. The fourth-order valence-electron chi connectivity index (χ4n) is 2.41. The van der Waals surface area contributed by atoms with Crippen molar-refractivity contribution in [3.05, 3.63) is 18.2 Å². The zero-order valence-corrected chi connectivity index (χ0v) is 12.3. The van der Waals surface area contributed by atoms with Gasteiger partial charge in [-0.25, -0.2) is 4.98 Å². The van der Waals surface area contributed by atoms with Gasteiger partial charge in [0.2, 0.25) is 5.91 Å². The van der Waals surface area contributed by atoms with Gasteiger partial charge in [0.1, 0.15) is 5.75 Å². The zero-order valence-electron chi connectivity index (χ0n) is 11.5. The van der Waals surface area contributed by atoms with Crippen LogP contribution < -0.4 is 15.4 Å². The van der Waals surface area contributed by atoms with E-state index in [2.05, 4.69) is 15.6 Å². The van der Waals surface area contributed by atoms with Crippen LogP contribution in [0.1, 0.15) is 19.8 Å². The van der Waals surface area contributed by atoms with E-state index < -0.39 is 5.54 Å². The first-order valence-corrected chi connectivity index (χ1v) is 7.43. The van der Waals surface area contributed by atoms with Gasteiger partial charge in [-0.15, -0.1) is 0 Å². The van der Waals surface area contributed by atoms with Crippen LogP contribution in [0, 0.1) is 0 Å². The van der Waals surface area contributed by atoms with Gasteiger partial charge < -0.3 is 15.4 Å². The molecule has 1 aliphatic heterocycles. The number of methoxy groups -OCH3 is 1. The van der Waals surface area contributed by atoms with Gasteiger partial charge in [-0.1, -0.05) is 11.3 Å². The van der Waals surface area contributed by atoms with Gasteiger partial charge in [0, 0.05) is 0 Å². The van der Waals surface area contributed by atoms with Crippen molar-refractivity contribution in [3.63, 3.8) is 0 Å². The van der Waals surface area contributed by atoms with Gasteiger partial charge >= 0.3 is 0 Å². The number of anilines is 1. The maximum absolute atomic E-state index is 12.3. The highest BCUT2D eigenvalue weighted by Crippen LogP contribution is 2.30. The van der Waals surface area contributed by atoms with Crippen molar-refractivity contribution in [1.29, 1.82) is 0 Å². The number of carbonyl (C=O) groups excluding carboxylic acids is 1. The molecule has 5 nitrogen and oxygen atoms in total. The highest BCUT2D eigenvalue weighted by molar-refractivity contribution is 7.22. The molecule has 1 saturated heterocycles. The molecule has 106 valence electrons. The minimum Gasteiger partial charge on any atom is -0.497 e. The first-order chi connectivity index (χ1) is 9.60. The molecule has 2 N–H and O–H groups in total. The predicted molar refractivity (Wildman–Crippen MR) is 80.4 cm³/mol. The predicted octanol–water partition coefficient (Wildman–Crippen LogP) is 2.39. The largest absolute Gasteiger partial charge is 0.497 e. The number of hydrogen-bond acceptors (Lipinski definition) is 5. The van der Waals surface area contributed by atoms with E-state index in [1.54, 1.807) is 7.11 Å². The van der Waals surface area contributed by atoms with Crippen LogP contribution in [0.5, 0.6) is 5.75 Å². The van der Waals surface area contributed by atoms with E-state index in [0.717, 1.165) is 35.4 Å². The molecule has 1 aromatic carbocycles. The van der Waals surface area contributed by atoms with E-state index in [1.807, 2.05) is 25.1 Å². The van der Waals surface area contributed by atoms with E-state index in [0.29, 0.717) is 5.13 Å². The van der Waals surface area contributed by atoms with E-state index in [9.17, 15) is 4.79 Å². The number of thiazole rings is 1. The summed E-state index contributed by atoms with van der Waals surface area (Å²) in [6.07, 6.45) is 1.89. The van der Waals surface area contributed by atoms with E-state index >= 15 is 0 Å². The summed E-state index contributed by atoms with van der Waals surface area (Å²) in [6.45, 7) is 2.83. The molecule has 3 rings (SSSR count). The Morgan fingerprint density at radius 1 is 1.55 bits per heavy atom. The van der Waals surface area contributed by atoms with Gasteiger partial charge in [0.05, 0.1) is 22.9 Å². The Kier molecular flexibility index (Phi) is 3.35. The van der Waals surface area contributed by atoms with Gasteiger partial charge in [0.15, 0.2) is 5.13 Å².